The summed E-state index contributed by atoms with van der Waals surface area (Å²) >= 11 is 0. The van der Waals surface area contributed by atoms with E-state index in [9.17, 15) is 4.79 Å². The summed E-state index contributed by atoms with van der Waals surface area (Å²) in [4.78, 5) is 12.5. The second-order valence-electron chi connectivity index (χ2n) is 7.37. The van der Waals surface area contributed by atoms with Crippen LogP contribution in [0.3, 0.4) is 0 Å². The monoisotopic (exact) mass is 287 g/mol. The van der Waals surface area contributed by atoms with Gasteiger partial charge in [-0.25, -0.2) is 0 Å². The average molecular weight is 287 g/mol. The minimum absolute atomic E-state index is 0.0345. The Morgan fingerprint density at radius 3 is 2.38 bits per heavy atom. The number of methoxy groups -OCH3 is 1. The van der Waals surface area contributed by atoms with Gasteiger partial charge in [0.2, 0.25) is 0 Å². The molecule has 3 nitrogen and oxygen atoms in total. The predicted molar refractivity (Wildman–Crippen MR) is 83.5 cm³/mol. The van der Waals surface area contributed by atoms with Crippen molar-refractivity contribution in [2.75, 3.05) is 7.11 Å². The van der Waals surface area contributed by atoms with Crippen molar-refractivity contribution in [1.29, 1.82) is 0 Å². The van der Waals surface area contributed by atoms with Crippen LogP contribution in [0.15, 0.2) is 24.3 Å². The Morgan fingerprint density at radius 1 is 1.24 bits per heavy atom. The maximum absolute atomic E-state index is 12.5. The Morgan fingerprint density at radius 2 is 1.90 bits per heavy atom. The number of rotatable bonds is 3. The highest BCUT2D eigenvalue weighted by molar-refractivity contribution is 5.94. The summed E-state index contributed by atoms with van der Waals surface area (Å²) in [7, 11) is 1.63. The zero-order valence-corrected chi connectivity index (χ0v) is 13.4. The van der Waals surface area contributed by atoms with Crippen molar-refractivity contribution in [1.82, 2.24) is 5.32 Å². The molecule has 0 unspecified atom stereocenters. The molecule has 2 aliphatic carbocycles. The third kappa shape index (κ3) is 2.05. The summed E-state index contributed by atoms with van der Waals surface area (Å²) in [5, 5.41) is 3.28. The second kappa shape index (κ2) is 4.75. The first kappa shape index (κ1) is 14.4. The molecule has 21 heavy (non-hydrogen) atoms. The maximum atomic E-state index is 12.5. The molecule has 114 valence electrons. The molecule has 3 rings (SSSR count). The van der Waals surface area contributed by atoms with E-state index in [4.69, 9.17) is 4.74 Å². The number of carbonyl (C=O) groups is 1. The molecule has 0 spiro atoms. The lowest BCUT2D eigenvalue weighted by Gasteiger charge is -2.39. The molecule has 0 saturated heterocycles. The molecule has 0 radical (unpaired) electrons. The number of ether oxygens (including phenoxy) is 1. The Hall–Kier alpha value is -1.51. The molecule has 1 aromatic rings. The van der Waals surface area contributed by atoms with Crippen molar-refractivity contribution in [3.63, 3.8) is 0 Å². The van der Waals surface area contributed by atoms with Crippen LogP contribution in [0.5, 0.6) is 5.75 Å². The van der Waals surface area contributed by atoms with Gasteiger partial charge in [-0.2, -0.15) is 0 Å². The molecular weight excluding hydrogens is 262 g/mol. The lowest BCUT2D eigenvalue weighted by molar-refractivity contribution is 0.0826. The molecule has 0 aliphatic heterocycles. The van der Waals surface area contributed by atoms with Crippen molar-refractivity contribution in [2.24, 2.45) is 16.7 Å². The molecule has 0 heterocycles. The predicted octanol–water partition coefficient (Wildman–Crippen LogP) is 3.64. The summed E-state index contributed by atoms with van der Waals surface area (Å²) in [6, 6.07) is 7.62. The number of carbonyl (C=O) groups excluding carboxylic acids is 1. The zero-order valence-electron chi connectivity index (χ0n) is 13.4. The molecule has 0 aromatic heterocycles. The first-order valence-corrected chi connectivity index (χ1v) is 7.83. The second-order valence-corrected chi connectivity index (χ2v) is 7.37. The molecular formula is C18H25NO2. The van der Waals surface area contributed by atoms with E-state index >= 15 is 0 Å². The van der Waals surface area contributed by atoms with E-state index in [0.29, 0.717) is 17.0 Å². The Kier molecular flexibility index (Phi) is 3.27. The number of amides is 1. The van der Waals surface area contributed by atoms with Gasteiger partial charge in [0.05, 0.1) is 7.11 Å². The molecule has 2 aliphatic rings. The standard InChI is InChI=1S/C18H25NO2/c1-17(2)13-9-10-18(17,3)15(11-13)19-16(20)12-5-7-14(21-4)8-6-12/h5-8,13,15H,9-11H2,1-4H3,(H,19,20)/t13-,15+,18+/m0/s1. The van der Waals surface area contributed by atoms with Crippen LogP contribution in [-0.4, -0.2) is 19.1 Å². The van der Waals surface area contributed by atoms with Crippen molar-refractivity contribution in [2.45, 2.75) is 46.1 Å². The third-order valence-electron chi connectivity index (χ3n) is 6.45. The first-order valence-electron chi connectivity index (χ1n) is 7.83. The van der Waals surface area contributed by atoms with E-state index in [2.05, 4.69) is 26.1 Å². The summed E-state index contributed by atoms with van der Waals surface area (Å²) in [5.74, 6) is 1.55. The van der Waals surface area contributed by atoms with Gasteiger partial charge < -0.3 is 10.1 Å². The van der Waals surface area contributed by atoms with E-state index in [1.165, 1.54) is 12.8 Å². The van der Waals surface area contributed by atoms with Gasteiger partial charge in [0.25, 0.3) is 5.91 Å². The minimum atomic E-state index is 0.0345. The number of hydrogen-bond acceptors (Lipinski definition) is 2. The Bertz CT molecular complexity index is 549. The van der Waals surface area contributed by atoms with Crippen LogP contribution in [-0.2, 0) is 0 Å². The quantitative estimate of drug-likeness (QED) is 0.921. The van der Waals surface area contributed by atoms with Crippen LogP contribution in [0, 0.1) is 16.7 Å². The molecule has 1 aromatic carbocycles. The fraction of sp³-hybridized carbons (Fsp3) is 0.611. The van der Waals surface area contributed by atoms with Crippen molar-refractivity contribution < 1.29 is 9.53 Å². The highest BCUT2D eigenvalue weighted by atomic mass is 16.5. The zero-order chi connectivity index (χ0) is 15.3. The van der Waals surface area contributed by atoms with Crippen LogP contribution < -0.4 is 10.1 Å². The van der Waals surface area contributed by atoms with Crippen molar-refractivity contribution >= 4 is 5.91 Å². The maximum Gasteiger partial charge on any atom is 0.251 e. The summed E-state index contributed by atoms with van der Waals surface area (Å²) < 4.78 is 5.13. The molecule has 3 heteroatoms. The lowest BCUT2D eigenvalue weighted by atomic mass is 9.69. The van der Waals surface area contributed by atoms with Crippen LogP contribution in [0.2, 0.25) is 0 Å². The van der Waals surface area contributed by atoms with Gasteiger partial charge >= 0.3 is 0 Å². The highest BCUT2D eigenvalue weighted by Gasteiger charge is 2.61. The van der Waals surface area contributed by atoms with Gasteiger partial charge in [0, 0.05) is 11.6 Å². The van der Waals surface area contributed by atoms with E-state index in [1.807, 2.05) is 24.3 Å². The van der Waals surface area contributed by atoms with Gasteiger partial charge in [-0.1, -0.05) is 20.8 Å². The van der Waals surface area contributed by atoms with Crippen molar-refractivity contribution in [3.8, 4) is 5.75 Å². The van der Waals surface area contributed by atoms with Gasteiger partial charge in [-0.05, 0) is 60.3 Å². The molecule has 2 bridgehead atoms. The van der Waals surface area contributed by atoms with Crippen LogP contribution in [0.1, 0.15) is 50.4 Å². The SMILES string of the molecule is COc1ccc(C(=O)N[C@@H]2C[C@@H]3CC[C@@]2(C)C3(C)C)cc1. The summed E-state index contributed by atoms with van der Waals surface area (Å²) in [6.07, 6.45) is 3.64. The number of nitrogens with one attached hydrogen (secondary N) is 1. The summed E-state index contributed by atoms with van der Waals surface area (Å²) in [6.45, 7) is 7.08. The summed E-state index contributed by atoms with van der Waals surface area (Å²) in [5.41, 5.74) is 1.25. The van der Waals surface area contributed by atoms with E-state index in [1.54, 1.807) is 7.11 Å². The number of benzene rings is 1. The third-order valence-corrected chi connectivity index (χ3v) is 6.45. The minimum Gasteiger partial charge on any atom is -0.497 e. The molecule has 2 saturated carbocycles. The normalized spacial score (nSPS) is 33.0. The fourth-order valence-corrected chi connectivity index (χ4v) is 4.41. The molecule has 1 N–H and O–H groups in total. The van der Waals surface area contributed by atoms with E-state index in [-0.39, 0.29) is 11.3 Å². The van der Waals surface area contributed by atoms with Crippen LogP contribution in [0.4, 0.5) is 0 Å². The lowest BCUT2D eigenvalue weighted by Crippen LogP contribution is -2.46. The number of hydrogen-bond donors (Lipinski definition) is 1. The first-order chi connectivity index (χ1) is 9.88. The van der Waals surface area contributed by atoms with E-state index in [0.717, 1.165) is 18.1 Å². The average Bonchev–Trinajstić information content (AvgIpc) is 2.80. The molecule has 2 fully saturated rings. The molecule has 3 atom stereocenters. The van der Waals surface area contributed by atoms with E-state index < -0.39 is 0 Å². The largest absolute Gasteiger partial charge is 0.497 e. The van der Waals surface area contributed by atoms with Gasteiger partial charge in [0.15, 0.2) is 0 Å². The Labute approximate surface area is 127 Å². The molecule has 1 amide bonds. The Balaban J connectivity index is 1.74. The van der Waals surface area contributed by atoms with Crippen molar-refractivity contribution in [3.05, 3.63) is 29.8 Å². The van der Waals surface area contributed by atoms with Gasteiger partial charge in [0.1, 0.15) is 5.75 Å². The smallest absolute Gasteiger partial charge is 0.251 e. The highest BCUT2D eigenvalue weighted by Crippen LogP contribution is 2.65. The fourth-order valence-electron chi connectivity index (χ4n) is 4.41. The van der Waals surface area contributed by atoms with Gasteiger partial charge in [-0.3, -0.25) is 4.79 Å². The van der Waals surface area contributed by atoms with Crippen LogP contribution in [0.25, 0.3) is 0 Å². The van der Waals surface area contributed by atoms with Crippen LogP contribution >= 0.6 is 0 Å². The topological polar surface area (TPSA) is 38.3 Å². The number of fused-ring (bicyclic) bond motifs is 2. The van der Waals surface area contributed by atoms with Gasteiger partial charge in [-0.15, -0.1) is 0 Å².